The van der Waals surface area contributed by atoms with Gasteiger partial charge in [-0.1, -0.05) is 38.3 Å². The first-order valence-electron chi connectivity index (χ1n) is 11.0. The van der Waals surface area contributed by atoms with Crippen molar-refractivity contribution in [2.24, 2.45) is 5.41 Å². The minimum atomic E-state index is -0.838. The summed E-state index contributed by atoms with van der Waals surface area (Å²) < 4.78 is 10.5. The van der Waals surface area contributed by atoms with Gasteiger partial charge in [0.2, 0.25) is 5.91 Å². The fourth-order valence-electron chi connectivity index (χ4n) is 4.60. The number of carbonyl (C=O) groups is 3. The lowest BCUT2D eigenvalue weighted by molar-refractivity contribution is -0.128. The van der Waals surface area contributed by atoms with Gasteiger partial charge in [0.05, 0.1) is 18.2 Å². The Balaban J connectivity index is 1.81. The zero-order valence-corrected chi connectivity index (χ0v) is 19.5. The maximum atomic E-state index is 13.2. The number of ketones is 1. The molecule has 0 spiro atoms. The van der Waals surface area contributed by atoms with Gasteiger partial charge in [-0.05, 0) is 43.2 Å². The number of hydrogen-bond donors (Lipinski definition) is 3. The lowest BCUT2D eigenvalue weighted by atomic mass is 9.81. The van der Waals surface area contributed by atoms with E-state index in [1.165, 1.54) is 19.2 Å². The maximum Gasteiger partial charge on any atom is 0.252 e. The second-order valence-corrected chi connectivity index (χ2v) is 9.37. The minimum Gasteiger partial charge on any atom is -0.503 e. The van der Waals surface area contributed by atoms with Crippen molar-refractivity contribution in [3.63, 3.8) is 0 Å². The van der Waals surface area contributed by atoms with Crippen LogP contribution in [0.5, 0.6) is 11.5 Å². The van der Waals surface area contributed by atoms with Gasteiger partial charge < -0.3 is 25.2 Å². The molecule has 1 saturated carbocycles. The number of rotatable bonds is 8. The summed E-state index contributed by atoms with van der Waals surface area (Å²) in [6.45, 7) is 3.98. The Morgan fingerprint density at radius 3 is 2.66 bits per heavy atom. The lowest BCUT2D eigenvalue weighted by Gasteiger charge is -2.30. The van der Waals surface area contributed by atoms with Crippen LogP contribution in [0.2, 0.25) is 5.02 Å². The molecule has 0 unspecified atom stereocenters. The molecule has 1 saturated heterocycles. The summed E-state index contributed by atoms with van der Waals surface area (Å²) in [4.78, 5) is 38.4. The van der Waals surface area contributed by atoms with Gasteiger partial charge >= 0.3 is 0 Å². The molecule has 0 aromatic heterocycles. The molecule has 3 atom stereocenters. The minimum absolute atomic E-state index is 0.0238. The van der Waals surface area contributed by atoms with Gasteiger partial charge in [0, 0.05) is 5.56 Å². The van der Waals surface area contributed by atoms with E-state index in [-0.39, 0.29) is 46.0 Å². The van der Waals surface area contributed by atoms with Crippen LogP contribution in [0.25, 0.3) is 0 Å². The van der Waals surface area contributed by atoms with Gasteiger partial charge in [-0.3, -0.25) is 14.4 Å². The van der Waals surface area contributed by atoms with Crippen molar-refractivity contribution in [3.05, 3.63) is 22.7 Å². The van der Waals surface area contributed by atoms with Crippen LogP contribution >= 0.6 is 11.6 Å². The summed E-state index contributed by atoms with van der Waals surface area (Å²) in [5.41, 5.74) is 0.0747. The highest BCUT2D eigenvalue weighted by molar-refractivity contribution is 6.32. The standard InChI is InChI=1S/C23H31ClN2O6/c1-4-17-19(16(27)12-32-17)26-22(30)15(11-23(2)7-5-6-8-23)25-21(29)13-9-14(24)20(28)18(10-13)31-3/h9-10,15,17,19,28H,4-8,11-12H2,1-3H3,(H,25,29)(H,26,30)/t15-,17-,19+/m0/s1. The normalized spacial score (nSPS) is 23.1. The molecule has 1 heterocycles. The molecule has 0 radical (unpaired) electrons. The van der Waals surface area contributed by atoms with E-state index in [1.807, 2.05) is 6.92 Å². The van der Waals surface area contributed by atoms with Gasteiger partial charge in [0.25, 0.3) is 5.91 Å². The summed E-state index contributed by atoms with van der Waals surface area (Å²) >= 11 is 6.02. The number of methoxy groups -OCH3 is 1. The monoisotopic (exact) mass is 466 g/mol. The number of nitrogens with one attached hydrogen (secondary N) is 2. The molecular formula is C23H31ClN2O6. The topological polar surface area (TPSA) is 114 Å². The highest BCUT2D eigenvalue weighted by Crippen LogP contribution is 2.41. The van der Waals surface area contributed by atoms with Crippen molar-refractivity contribution >= 4 is 29.2 Å². The Morgan fingerprint density at radius 1 is 1.34 bits per heavy atom. The largest absolute Gasteiger partial charge is 0.503 e. The zero-order valence-electron chi connectivity index (χ0n) is 18.7. The van der Waals surface area contributed by atoms with E-state index in [9.17, 15) is 19.5 Å². The number of benzene rings is 1. The number of Topliss-reactive ketones (excluding diaryl/α,β-unsaturated/α-hetero) is 1. The molecule has 1 aliphatic carbocycles. The van der Waals surface area contributed by atoms with Gasteiger partial charge in [-0.15, -0.1) is 0 Å². The predicted octanol–water partition coefficient (Wildman–Crippen LogP) is 2.99. The molecule has 3 N–H and O–H groups in total. The predicted molar refractivity (Wildman–Crippen MR) is 119 cm³/mol. The van der Waals surface area contributed by atoms with Crippen LogP contribution in [-0.2, 0) is 14.3 Å². The number of phenolic OH excluding ortho intramolecular Hbond substituents is 1. The van der Waals surface area contributed by atoms with Crippen molar-refractivity contribution in [2.45, 2.75) is 70.6 Å². The third-order valence-corrected chi connectivity index (χ3v) is 6.79. The Hall–Kier alpha value is -2.32. The Labute approximate surface area is 193 Å². The molecule has 2 fully saturated rings. The molecule has 1 aromatic rings. The average molecular weight is 467 g/mol. The van der Waals surface area contributed by atoms with E-state index < -0.39 is 23.9 Å². The van der Waals surface area contributed by atoms with E-state index in [2.05, 4.69) is 17.6 Å². The smallest absolute Gasteiger partial charge is 0.252 e. The summed E-state index contributed by atoms with van der Waals surface area (Å²) in [5.74, 6) is -1.30. The van der Waals surface area contributed by atoms with Crippen LogP contribution in [-0.4, -0.2) is 54.6 Å². The van der Waals surface area contributed by atoms with Crippen LogP contribution < -0.4 is 15.4 Å². The van der Waals surface area contributed by atoms with Gasteiger partial charge in [-0.2, -0.15) is 0 Å². The molecule has 2 amide bonds. The van der Waals surface area contributed by atoms with Gasteiger partial charge in [-0.25, -0.2) is 0 Å². The van der Waals surface area contributed by atoms with Gasteiger partial charge in [0.1, 0.15) is 18.7 Å². The average Bonchev–Trinajstić information content (AvgIpc) is 3.34. The van der Waals surface area contributed by atoms with E-state index >= 15 is 0 Å². The summed E-state index contributed by atoms with van der Waals surface area (Å²) in [6, 6.07) is 1.13. The maximum absolute atomic E-state index is 13.2. The van der Waals surface area contributed by atoms with E-state index in [4.69, 9.17) is 21.1 Å². The van der Waals surface area contributed by atoms with E-state index in [0.717, 1.165) is 25.7 Å². The van der Waals surface area contributed by atoms with E-state index in [1.54, 1.807) is 0 Å². The molecule has 8 nitrogen and oxygen atoms in total. The number of carbonyl (C=O) groups excluding carboxylic acids is 3. The molecule has 1 aromatic carbocycles. The van der Waals surface area contributed by atoms with Crippen LogP contribution in [0.1, 0.15) is 62.7 Å². The summed E-state index contributed by atoms with van der Waals surface area (Å²) in [5, 5.41) is 15.5. The second kappa shape index (κ2) is 10.1. The van der Waals surface area contributed by atoms with Crippen molar-refractivity contribution < 1.29 is 29.0 Å². The highest BCUT2D eigenvalue weighted by Gasteiger charge is 2.40. The Morgan fingerprint density at radius 2 is 2.03 bits per heavy atom. The Kier molecular flexibility index (Phi) is 7.67. The highest BCUT2D eigenvalue weighted by atomic mass is 35.5. The lowest BCUT2D eigenvalue weighted by Crippen LogP contribution is -2.54. The van der Waals surface area contributed by atoms with Crippen molar-refractivity contribution in [1.29, 1.82) is 0 Å². The number of halogens is 1. The quantitative estimate of drug-likeness (QED) is 0.542. The fourth-order valence-corrected chi connectivity index (χ4v) is 4.81. The molecule has 1 aliphatic heterocycles. The van der Waals surface area contributed by atoms with Crippen molar-refractivity contribution in [3.8, 4) is 11.5 Å². The number of phenols is 1. The van der Waals surface area contributed by atoms with Crippen LogP contribution in [0.3, 0.4) is 0 Å². The van der Waals surface area contributed by atoms with Crippen LogP contribution in [0, 0.1) is 5.41 Å². The van der Waals surface area contributed by atoms with Crippen molar-refractivity contribution in [2.75, 3.05) is 13.7 Å². The number of ether oxygens (including phenoxy) is 2. The molecule has 9 heteroatoms. The molecular weight excluding hydrogens is 436 g/mol. The number of hydrogen-bond acceptors (Lipinski definition) is 6. The molecule has 32 heavy (non-hydrogen) atoms. The SMILES string of the molecule is CC[C@@H]1OCC(=O)[C@H]1NC(=O)[C@H](CC1(C)CCCC1)NC(=O)c1cc(Cl)c(O)c(OC)c1. The van der Waals surface area contributed by atoms with Gasteiger partial charge in [0.15, 0.2) is 17.3 Å². The molecule has 2 aliphatic rings. The first kappa shape index (κ1) is 24.3. The summed E-state index contributed by atoms with van der Waals surface area (Å²) in [6.07, 6.45) is 4.77. The Bertz CT molecular complexity index is 883. The third kappa shape index (κ3) is 5.35. The fraction of sp³-hybridized carbons (Fsp3) is 0.609. The zero-order chi connectivity index (χ0) is 23.5. The van der Waals surface area contributed by atoms with Crippen LogP contribution in [0.4, 0.5) is 0 Å². The van der Waals surface area contributed by atoms with E-state index in [0.29, 0.717) is 12.8 Å². The number of aromatic hydroxyl groups is 1. The first-order chi connectivity index (χ1) is 15.2. The molecule has 3 rings (SSSR count). The molecule has 176 valence electrons. The number of amides is 2. The molecule has 0 bridgehead atoms. The first-order valence-corrected chi connectivity index (χ1v) is 11.4. The van der Waals surface area contributed by atoms with Crippen LogP contribution in [0.15, 0.2) is 12.1 Å². The summed E-state index contributed by atoms with van der Waals surface area (Å²) in [7, 11) is 1.36. The third-order valence-electron chi connectivity index (χ3n) is 6.50. The van der Waals surface area contributed by atoms with Crippen molar-refractivity contribution in [1.82, 2.24) is 10.6 Å². The second-order valence-electron chi connectivity index (χ2n) is 8.97.